The summed E-state index contributed by atoms with van der Waals surface area (Å²) in [6.07, 6.45) is 8.43. The molecule has 0 radical (unpaired) electrons. The van der Waals surface area contributed by atoms with Crippen molar-refractivity contribution >= 4 is 6.03 Å². The summed E-state index contributed by atoms with van der Waals surface area (Å²) in [7, 11) is 0. The summed E-state index contributed by atoms with van der Waals surface area (Å²) in [5.41, 5.74) is 1.24. The molecule has 1 aliphatic heterocycles. The van der Waals surface area contributed by atoms with E-state index in [0.717, 1.165) is 50.5 Å². The Morgan fingerprint density at radius 2 is 2.00 bits per heavy atom. The highest BCUT2D eigenvalue weighted by Crippen LogP contribution is 2.34. The molecule has 2 aliphatic rings. The van der Waals surface area contributed by atoms with E-state index in [2.05, 4.69) is 32.2 Å². The molecule has 138 valence electrons. The van der Waals surface area contributed by atoms with Gasteiger partial charge in [-0.15, -0.1) is 10.2 Å². The molecule has 1 aliphatic carbocycles. The van der Waals surface area contributed by atoms with Gasteiger partial charge in [-0.3, -0.25) is 0 Å². The lowest BCUT2D eigenvalue weighted by atomic mass is 10.0. The molecule has 1 saturated heterocycles. The minimum atomic E-state index is 0.0200. The number of hydrogen-bond donors (Lipinski definition) is 1. The summed E-state index contributed by atoms with van der Waals surface area (Å²) in [4.78, 5) is 14.8. The van der Waals surface area contributed by atoms with Crippen molar-refractivity contribution in [1.82, 2.24) is 25.0 Å². The Morgan fingerprint density at radius 3 is 2.81 bits per heavy atom. The predicted molar refractivity (Wildman–Crippen MR) is 99.6 cm³/mol. The zero-order valence-electron chi connectivity index (χ0n) is 15.2. The molecule has 2 fully saturated rings. The number of carbonyl (C=O) groups is 1. The fraction of sp³-hybridized carbons (Fsp3) is 0.550. The van der Waals surface area contributed by atoms with Crippen LogP contribution in [0.4, 0.5) is 4.79 Å². The van der Waals surface area contributed by atoms with Crippen LogP contribution in [0.5, 0.6) is 0 Å². The average molecular weight is 353 g/mol. The largest absolute Gasteiger partial charge is 0.338 e. The van der Waals surface area contributed by atoms with Crippen molar-refractivity contribution in [3.8, 4) is 0 Å². The SMILES string of the molecule is O=C(NCCc1ccccc1)N1CCCC[C@H]1c1nncn1CC1CC1. The third-order valence-electron chi connectivity index (χ3n) is 5.39. The van der Waals surface area contributed by atoms with Gasteiger partial charge in [0.25, 0.3) is 0 Å². The summed E-state index contributed by atoms with van der Waals surface area (Å²) < 4.78 is 2.16. The third kappa shape index (κ3) is 4.06. The van der Waals surface area contributed by atoms with Crippen LogP contribution in [0.15, 0.2) is 36.7 Å². The Labute approximate surface area is 154 Å². The molecular weight excluding hydrogens is 326 g/mol. The molecule has 2 aromatic rings. The van der Waals surface area contributed by atoms with E-state index in [-0.39, 0.29) is 12.1 Å². The second-order valence-electron chi connectivity index (χ2n) is 7.46. The van der Waals surface area contributed by atoms with Gasteiger partial charge in [0.1, 0.15) is 6.33 Å². The highest BCUT2D eigenvalue weighted by molar-refractivity contribution is 5.74. The van der Waals surface area contributed by atoms with E-state index in [4.69, 9.17) is 0 Å². The maximum absolute atomic E-state index is 12.8. The molecule has 0 bridgehead atoms. The minimum absolute atomic E-state index is 0.0200. The zero-order valence-corrected chi connectivity index (χ0v) is 15.2. The Bertz CT molecular complexity index is 725. The molecule has 1 saturated carbocycles. The van der Waals surface area contributed by atoms with Gasteiger partial charge < -0.3 is 14.8 Å². The zero-order chi connectivity index (χ0) is 17.8. The first-order valence-electron chi connectivity index (χ1n) is 9.77. The van der Waals surface area contributed by atoms with Crippen LogP contribution >= 0.6 is 0 Å². The molecule has 2 heterocycles. The van der Waals surface area contributed by atoms with Gasteiger partial charge in [0.15, 0.2) is 5.82 Å². The summed E-state index contributed by atoms with van der Waals surface area (Å²) in [5.74, 6) is 1.72. The monoisotopic (exact) mass is 353 g/mol. The van der Waals surface area contributed by atoms with Crippen molar-refractivity contribution < 1.29 is 4.79 Å². The Balaban J connectivity index is 1.38. The summed E-state index contributed by atoms with van der Waals surface area (Å²) in [5, 5.41) is 11.6. The highest BCUT2D eigenvalue weighted by atomic mass is 16.2. The van der Waals surface area contributed by atoms with Gasteiger partial charge in [0.05, 0.1) is 6.04 Å². The predicted octanol–water partition coefficient (Wildman–Crippen LogP) is 3.17. The van der Waals surface area contributed by atoms with Crippen molar-refractivity contribution in [3.63, 3.8) is 0 Å². The molecule has 1 atom stereocenters. The second-order valence-corrected chi connectivity index (χ2v) is 7.46. The maximum atomic E-state index is 12.8. The number of amides is 2. The van der Waals surface area contributed by atoms with E-state index in [1.165, 1.54) is 18.4 Å². The van der Waals surface area contributed by atoms with E-state index in [9.17, 15) is 4.79 Å². The standard InChI is InChI=1S/C20H27N5O/c26-20(21-12-11-16-6-2-1-3-7-16)25-13-5-4-8-18(25)19-23-22-15-24(19)14-17-9-10-17/h1-3,6-7,15,17-18H,4-5,8-14H2,(H,21,26)/t18-/m0/s1. The highest BCUT2D eigenvalue weighted by Gasteiger charge is 2.32. The van der Waals surface area contributed by atoms with Crippen LogP contribution < -0.4 is 5.32 Å². The van der Waals surface area contributed by atoms with Gasteiger partial charge in [-0.2, -0.15) is 0 Å². The number of carbonyl (C=O) groups excluding carboxylic acids is 1. The van der Waals surface area contributed by atoms with Gasteiger partial charge in [0, 0.05) is 19.6 Å². The van der Waals surface area contributed by atoms with E-state index in [0.29, 0.717) is 6.54 Å². The Kier molecular flexibility index (Phi) is 5.18. The van der Waals surface area contributed by atoms with Crippen LogP contribution in [0, 0.1) is 5.92 Å². The van der Waals surface area contributed by atoms with Crippen molar-refractivity contribution in [2.45, 2.75) is 51.1 Å². The van der Waals surface area contributed by atoms with Crippen LogP contribution in [0.1, 0.15) is 49.5 Å². The van der Waals surface area contributed by atoms with Gasteiger partial charge in [-0.05, 0) is 50.0 Å². The van der Waals surface area contributed by atoms with Crippen LogP contribution in [0.25, 0.3) is 0 Å². The molecule has 0 unspecified atom stereocenters. The Morgan fingerprint density at radius 1 is 1.15 bits per heavy atom. The molecule has 6 heteroatoms. The maximum Gasteiger partial charge on any atom is 0.318 e. The normalized spacial score (nSPS) is 20.2. The van der Waals surface area contributed by atoms with E-state index >= 15 is 0 Å². The lowest BCUT2D eigenvalue weighted by molar-refractivity contribution is 0.145. The number of nitrogens with zero attached hydrogens (tertiary/aromatic N) is 4. The molecule has 1 aromatic heterocycles. The number of rotatable bonds is 6. The first-order chi connectivity index (χ1) is 12.8. The molecule has 1 N–H and O–H groups in total. The summed E-state index contributed by atoms with van der Waals surface area (Å²) >= 11 is 0. The van der Waals surface area contributed by atoms with Gasteiger partial charge in [-0.25, -0.2) is 4.79 Å². The molecule has 6 nitrogen and oxygen atoms in total. The van der Waals surface area contributed by atoms with Gasteiger partial charge in [-0.1, -0.05) is 30.3 Å². The summed E-state index contributed by atoms with van der Waals surface area (Å²) in [6.45, 7) is 2.43. The molecule has 2 amide bonds. The second kappa shape index (κ2) is 7.89. The molecule has 26 heavy (non-hydrogen) atoms. The topological polar surface area (TPSA) is 63.1 Å². The number of benzene rings is 1. The van der Waals surface area contributed by atoms with Crippen LogP contribution in [0.2, 0.25) is 0 Å². The molecule has 4 rings (SSSR count). The minimum Gasteiger partial charge on any atom is -0.338 e. The van der Waals surface area contributed by atoms with Crippen molar-refractivity contribution in [1.29, 1.82) is 0 Å². The van der Waals surface area contributed by atoms with E-state index < -0.39 is 0 Å². The fourth-order valence-electron chi connectivity index (χ4n) is 3.74. The fourth-order valence-corrected chi connectivity index (χ4v) is 3.74. The van der Waals surface area contributed by atoms with Crippen LogP contribution in [-0.4, -0.2) is 38.8 Å². The quantitative estimate of drug-likeness (QED) is 0.868. The number of hydrogen-bond acceptors (Lipinski definition) is 3. The average Bonchev–Trinajstić information content (AvgIpc) is 3.38. The molecule has 1 aromatic carbocycles. The lowest BCUT2D eigenvalue weighted by Crippen LogP contribution is -2.45. The van der Waals surface area contributed by atoms with E-state index in [1.807, 2.05) is 29.4 Å². The third-order valence-corrected chi connectivity index (χ3v) is 5.39. The number of likely N-dealkylation sites (tertiary alicyclic amines) is 1. The number of nitrogens with one attached hydrogen (secondary N) is 1. The first-order valence-corrected chi connectivity index (χ1v) is 9.77. The Hall–Kier alpha value is -2.37. The lowest BCUT2D eigenvalue weighted by Gasteiger charge is -2.35. The van der Waals surface area contributed by atoms with E-state index in [1.54, 1.807) is 0 Å². The number of piperidine rings is 1. The van der Waals surface area contributed by atoms with Crippen molar-refractivity contribution in [2.24, 2.45) is 5.92 Å². The van der Waals surface area contributed by atoms with Crippen molar-refractivity contribution in [3.05, 3.63) is 48.0 Å². The van der Waals surface area contributed by atoms with Gasteiger partial charge in [0.2, 0.25) is 0 Å². The summed E-state index contributed by atoms with van der Waals surface area (Å²) in [6, 6.07) is 10.3. The molecular formula is C20H27N5O. The number of aromatic nitrogens is 3. The van der Waals surface area contributed by atoms with Crippen molar-refractivity contribution in [2.75, 3.05) is 13.1 Å². The van der Waals surface area contributed by atoms with Gasteiger partial charge >= 0.3 is 6.03 Å². The molecule has 0 spiro atoms. The number of urea groups is 1. The van der Waals surface area contributed by atoms with Crippen LogP contribution in [-0.2, 0) is 13.0 Å². The smallest absolute Gasteiger partial charge is 0.318 e. The van der Waals surface area contributed by atoms with Crippen LogP contribution in [0.3, 0.4) is 0 Å². The first kappa shape index (κ1) is 17.1.